The molecule has 0 unspecified atom stereocenters. The fraction of sp³-hybridized carbons (Fsp3) is 0.0833. The molecule has 0 saturated carbocycles. The van der Waals surface area contributed by atoms with E-state index >= 15 is 0 Å². The molecule has 0 saturated heterocycles. The number of rotatable bonds is 3. The van der Waals surface area contributed by atoms with Gasteiger partial charge in [-0.15, -0.1) is 0 Å². The Morgan fingerprint density at radius 2 is 2.00 bits per heavy atom. The number of hydrogen-bond donors (Lipinski definition) is 1. The van der Waals surface area contributed by atoms with Crippen molar-refractivity contribution >= 4 is 33.0 Å². The van der Waals surface area contributed by atoms with Crippen molar-refractivity contribution in [3.8, 4) is 0 Å². The van der Waals surface area contributed by atoms with Crippen molar-refractivity contribution in [1.82, 2.24) is 9.97 Å². The first-order valence-electron chi connectivity index (χ1n) is 5.45. The zero-order chi connectivity index (χ0) is 14.8. The van der Waals surface area contributed by atoms with Gasteiger partial charge in [-0.2, -0.15) is 0 Å². The SMILES string of the molecule is CS(=O)(=O)c1cccc(NC(=O)c2cnc(Cl)cn2)c1. The minimum atomic E-state index is -3.33. The number of benzene rings is 1. The maximum Gasteiger partial charge on any atom is 0.275 e. The number of amides is 1. The molecule has 0 bridgehead atoms. The summed E-state index contributed by atoms with van der Waals surface area (Å²) in [7, 11) is -3.33. The molecule has 1 N–H and O–H groups in total. The average molecular weight is 312 g/mol. The van der Waals surface area contributed by atoms with E-state index in [0.717, 1.165) is 6.26 Å². The van der Waals surface area contributed by atoms with Gasteiger partial charge in [0.2, 0.25) is 0 Å². The highest BCUT2D eigenvalue weighted by Gasteiger charge is 2.11. The molecule has 1 aromatic carbocycles. The summed E-state index contributed by atoms with van der Waals surface area (Å²) in [5.74, 6) is -0.500. The Morgan fingerprint density at radius 1 is 1.25 bits per heavy atom. The smallest absolute Gasteiger partial charge is 0.275 e. The third-order valence-electron chi connectivity index (χ3n) is 2.37. The highest BCUT2D eigenvalue weighted by Crippen LogP contribution is 2.16. The van der Waals surface area contributed by atoms with E-state index in [2.05, 4.69) is 15.3 Å². The van der Waals surface area contributed by atoms with Crippen LogP contribution in [0.25, 0.3) is 0 Å². The number of carbonyl (C=O) groups is 1. The van der Waals surface area contributed by atoms with Gasteiger partial charge in [-0.3, -0.25) is 4.79 Å². The first kappa shape index (κ1) is 14.4. The molecule has 0 aliphatic carbocycles. The van der Waals surface area contributed by atoms with Crippen LogP contribution in [0.2, 0.25) is 5.15 Å². The highest BCUT2D eigenvalue weighted by molar-refractivity contribution is 7.90. The summed E-state index contributed by atoms with van der Waals surface area (Å²) in [4.78, 5) is 19.6. The van der Waals surface area contributed by atoms with Crippen molar-refractivity contribution < 1.29 is 13.2 Å². The van der Waals surface area contributed by atoms with E-state index in [0.29, 0.717) is 5.69 Å². The minimum absolute atomic E-state index is 0.0826. The van der Waals surface area contributed by atoms with Gasteiger partial charge in [-0.05, 0) is 18.2 Å². The molecule has 0 aliphatic heterocycles. The molecular formula is C12H10ClN3O3S. The second kappa shape index (κ2) is 5.56. The molecule has 0 radical (unpaired) electrons. The number of sulfone groups is 1. The molecule has 6 nitrogen and oxygen atoms in total. The fourth-order valence-electron chi connectivity index (χ4n) is 1.43. The van der Waals surface area contributed by atoms with Crippen LogP contribution in [0.4, 0.5) is 5.69 Å². The monoisotopic (exact) mass is 311 g/mol. The van der Waals surface area contributed by atoms with Crippen molar-refractivity contribution in [2.24, 2.45) is 0 Å². The van der Waals surface area contributed by atoms with Gasteiger partial charge in [0.25, 0.3) is 5.91 Å². The molecule has 0 fully saturated rings. The standard InChI is InChI=1S/C12H10ClN3O3S/c1-20(18,19)9-4-2-3-8(5-9)16-12(17)10-6-15-11(13)7-14-10/h2-7H,1H3,(H,16,17). The van der Waals surface area contributed by atoms with Crippen LogP contribution >= 0.6 is 11.6 Å². The summed E-state index contributed by atoms with van der Waals surface area (Å²) in [6, 6.07) is 5.94. The van der Waals surface area contributed by atoms with Gasteiger partial charge >= 0.3 is 0 Å². The van der Waals surface area contributed by atoms with Crippen LogP contribution in [0.3, 0.4) is 0 Å². The number of anilines is 1. The van der Waals surface area contributed by atoms with Crippen molar-refractivity contribution in [3.63, 3.8) is 0 Å². The lowest BCUT2D eigenvalue weighted by atomic mass is 10.3. The van der Waals surface area contributed by atoms with Crippen LogP contribution in [0, 0.1) is 0 Å². The zero-order valence-corrected chi connectivity index (χ0v) is 11.9. The van der Waals surface area contributed by atoms with Crippen molar-refractivity contribution in [3.05, 3.63) is 47.5 Å². The summed E-state index contributed by atoms with van der Waals surface area (Å²) in [6.07, 6.45) is 3.58. The lowest BCUT2D eigenvalue weighted by Gasteiger charge is -2.06. The molecule has 0 atom stereocenters. The third-order valence-corrected chi connectivity index (χ3v) is 3.68. The van der Waals surface area contributed by atoms with E-state index in [1.165, 1.54) is 24.5 Å². The number of carbonyl (C=O) groups excluding carboxylic acids is 1. The van der Waals surface area contributed by atoms with Gasteiger partial charge in [0.15, 0.2) is 9.84 Å². The van der Waals surface area contributed by atoms with Crippen molar-refractivity contribution in [2.45, 2.75) is 4.90 Å². The molecule has 2 aromatic rings. The van der Waals surface area contributed by atoms with E-state index in [1.807, 2.05) is 0 Å². The molecule has 8 heteroatoms. The van der Waals surface area contributed by atoms with E-state index < -0.39 is 15.7 Å². The molecule has 20 heavy (non-hydrogen) atoms. The van der Waals surface area contributed by atoms with Crippen molar-refractivity contribution in [2.75, 3.05) is 11.6 Å². The maximum atomic E-state index is 11.9. The number of nitrogens with one attached hydrogen (secondary N) is 1. The molecular weight excluding hydrogens is 302 g/mol. The number of nitrogens with zero attached hydrogens (tertiary/aromatic N) is 2. The molecule has 104 valence electrons. The van der Waals surface area contributed by atoms with Crippen LogP contribution < -0.4 is 5.32 Å². The summed E-state index contributed by atoms with van der Waals surface area (Å²) in [5, 5.41) is 2.72. The van der Waals surface area contributed by atoms with E-state index in [-0.39, 0.29) is 15.7 Å². The Hall–Kier alpha value is -1.99. The first-order chi connectivity index (χ1) is 9.36. The van der Waals surface area contributed by atoms with E-state index in [4.69, 9.17) is 11.6 Å². The molecule has 0 aliphatic rings. The van der Waals surface area contributed by atoms with Crippen LogP contribution in [0.15, 0.2) is 41.6 Å². The van der Waals surface area contributed by atoms with Gasteiger partial charge in [0.05, 0.1) is 17.3 Å². The van der Waals surface area contributed by atoms with Gasteiger partial charge in [0, 0.05) is 11.9 Å². The third kappa shape index (κ3) is 3.52. The number of halogens is 1. The Balaban J connectivity index is 2.22. The fourth-order valence-corrected chi connectivity index (χ4v) is 2.19. The molecule has 1 amide bonds. The molecule has 1 aromatic heterocycles. The van der Waals surface area contributed by atoms with Gasteiger partial charge in [-0.1, -0.05) is 17.7 Å². The number of aromatic nitrogens is 2. The topological polar surface area (TPSA) is 89.0 Å². The normalized spacial score (nSPS) is 11.1. The van der Waals surface area contributed by atoms with Crippen LogP contribution in [0.5, 0.6) is 0 Å². The average Bonchev–Trinajstić information content (AvgIpc) is 2.38. The van der Waals surface area contributed by atoms with Gasteiger partial charge in [-0.25, -0.2) is 18.4 Å². The molecule has 2 rings (SSSR count). The summed E-state index contributed by atoms with van der Waals surface area (Å²) < 4.78 is 22.9. The Labute approximate surface area is 120 Å². The summed E-state index contributed by atoms with van der Waals surface area (Å²) in [6.45, 7) is 0. The summed E-state index contributed by atoms with van der Waals surface area (Å²) in [5.41, 5.74) is 0.439. The predicted molar refractivity (Wildman–Crippen MR) is 74.5 cm³/mol. The van der Waals surface area contributed by atoms with E-state index in [1.54, 1.807) is 12.1 Å². The second-order valence-corrected chi connectivity index (χ2v) is 6.38. The zero-order valence-electron chi connectivity index (χ0n) is 10.4. The number of hydrogen-bond acceptors (Lipinski definition) is 5. The van der Waals surface area contributed by atoms with Gasteiger partial charge in [0.1, 0.15) is 10.8 Å². The van der Waals surface area contributed by atoms with Gasteiger partial charge < -0.3 is 5.32 Å². The molecule has 1 heterocycles. The lowest BCUT2D eigenvalue weighted by molar-refractivity contribution is 0.102. The van der Waals surface area contributed by atoms with Crippen LogP contribution in [-0.2, 0) is 9.84 Å². The second-order valence-electron chi connectivity index (χ2n) is 3.98. The largest absolute Gasteiger partial charge is 0.321 e. The maximum absolute atomic E-state index is 11.9. The lowest BCUT2D eigenvalue weighted by Crippen LogP contribution is -2.14. The Morgan fingerprint density at radius 3 is 2.60 bits per heavy atom. The Kier molecular flexibility index (Phi) is 4.01. The van der Waals surface area contributed by atoms with Crippen LogP contribution in [0.1, 0.15) is 10.5 Å². The first-order valence-corrected chi connectivity index (χ1v) is 7.72. The predicted octanol–water partition coefficient (Wildman–Crippen LogP) is 1.79. The highest BCUT2D eigenvalue weighted by atomic mass is 35.5. The van der Waals surface area contributed by atoms with Crippen LogP contribution in [-0.4, -0.2) is 30.5 Å². The summed E-state index contributed by atoms with van der Waals surface area (Å²) >= 11 is 5.58. The Bertz CT molecular complexity index is 745. The molecule has 0 spiro atoms. The van der Waals surface area contributed by atoms with E-state index in [9.17, 15) is 13.2 Å². The van der Waals surface area contributed by atoms with Crippen molar-refractivity contribution in [1.29, 1.82) is 0 Å². The quantitative estimate of drug-likeness (QED) is 0.933. The minimum Gasteiger partial charge on any atom is -0.321 e.